The Morgan fingerprint density at radius 2 is 1.64 bits per heavy atom. The van der Waals surface area contributed by atoms with Crippen LogP contribution in [0.5, 0.6) is 0 Å². The van der Waals surface area contributed by atoms with Gasteiger partial charge in [-0.15, -0.1) is 0 Å². The van der Waals surface area contributed by atoms with Gasteiger partial charge in [-0.25, -0.2) is 0 Å². The Hall–Kier alpha value is -0.860. The number of fused-ring (bicyclic) bond motifs is 2. The standard InChI is InChI=1S/C23H37NO/c1-3-5-8-13-23(19-11-9-7-10-12-19)25-22-17-20-14-15-21(18-22)24(20)16-6-4-2/h7,9-12,20-23H,3-6,8,13-18H2,1-2H3/t20-,21+,22?,23?. The summed E-state index contributed by atoms with van der Waals surface area (Å²) >= 11 is 0. The Balaban J connectivity index is 1.59. The molecule has 0 amide bonds. The SMILES string of the molecule is CCCCCC(OC1C[C@H]2CC[C@@H](C1)N2CCCC)c1ccccc1. The third-order valence-corrected chi connectivity index (χ3v) is 6.21. The molecule has 2 fully saturated rings. The van der Waals surface area contributed by atoms with E-state index in [0.717, 1.165) is 12.1 Å². The van der Waals surface area contributed by atoms with Gasteiger partial charge in [0.2, 0.25) is 0 Å². The quantitative estimate of drug-likeness (QED) is 0.474. The summed E-state index contributed by atoms with van der Waals surface area (Å²) in [5.41, 5.74) is 1.37. The molecule has 2 aliphatic rings. The maximum Gasteiger partial charge on any atom is 0.0828 e. The Morgan fingerprint density at radius 1 is 0.960 bits per heavy atom. The van der Waals surface area contributed by atoms with Crippen molar-refractivity contribution in [2.75, 3.05) is 6.54 Å². The van der Waals surface area contributed by atoms with E-state index in [1.807, 2.05) is 0 Å². The van der Waals surface area contributed by atoms with Gasteiger partial charge in [-0.2, -0.15) is 0 Å². The minimum atomic E-state index is 0.291. The molecule has 4 atom stereocenters. The number of unbranched alkanes of at least 4 members (excludes halogenated alkanes) is 3. The fourth-order valence-corrected chi connectivity index (χ4v) is 4.83. The predicted molar refractivity (Wildman–Crippen MR) is 106 cm³/mol. The molecule has 0 radical (unpaired) electrons. The van der Waals surface area contributed by atoms with Crippen LogP contribution in [0.2, 0.25) is 0 Å². The highest BCUT2D eigenvalue weighted by Gasteiger charge is 2.41. The Kier molecular flexibility index (Phi) is 7.36. The molecule has 140 valence electrons. The van der Waals surface area contributed by atoms with Gasteiger partial charge in [0.25, 0.3) is 0 Å². The van der Waals surface area contributed by atoms with Crippen LogP contribution < -0.4 is 0 Å². The zero-order chi connectivity index (χ0) is 17.5. The van der Waals surface area contributed by atoms with Crippen molar-refractivity contribution in [1.82, 2.24) is 4.90 Å². The summed E-state index contributed by atoms with van der Waals surface area (Å²) in [5.74, 6) is 0. The fraction of sp³-hybridized carbons (Fsp3) is 0.739. The molecule has 2 aliphatic heterocycles. The topological polar surface area (TPSA) is 12.5 Å². The van der Waals surface area contributed by atoms with Crippen molar-refractivity contribution in [2.24, 2.45) is 0 Å². The maximum absolute atomic E-state index is 6.73. The van der Waals surface area contributed by atoms with Crippen LogP contribution in [0.25, 0.3) is 0 Å². The molecule has 2 heterocycles. The van der Waals surface area contributed by atoms with E-state index < -0.39 is 0 Å². The molecule has 3 rings (SSSR count). The molecule has 1 aromatic carbocycles. The first-order valence-electron chi connectivity index (χ1n) is 10.8. The highest BCUT2D eigenvalue weighted by molar-refractivity contribution is 5.17. The molecule has 0 aliphatic carbocycles. The van der Waals surface area contributed by atoms with E-state index in [1.165, 1.54) is 76.3 Å². The summed E-state index contributed by atoms with van der Waals surface area (Å²) in [6.07, 6.45) is 13.7. The smallest absolute Gasteiger partial charge is 0.0828 e. The van der Waals surface area contributed by atoms with E-state index >= 15 is 0 Å². The van der Waals surface area contributed by atoms with Crippen molar-refractivity contribution in [3.05, 3.63) is 35.9 Å². The Morgan fingerprint density at radius 3 is 2.28 bits per heavy atom. The van der Waals surface area contributed by atoms with Gasteiger partial charge in [0.1, 0.15) is 0 Å². The van der Waals surface area contributed by atoms with Crippen molar-refractivity contribution < 1.29 is 4.74 Å². The summed E-state index contributed by atoms with van der Waals surface area (Å²) in [5, 5.41) is 0. The summed E-state index contributed by atoms with van der Waals surface area (Å²) in [7, 11) is 0. The van der Waals surface area contributed by atoms with Crippen LogP contribution >= 0.6 is 0 Å². The lowest BCUT2D eigenvalue weighted by atomic mass is 9.97. The number of ether oxygens (including phenoxy) is 1. The van der Waals surface area contributed by atoms with Crippen molar-refractivity contribution in [3.63, 3.8) is 0 Å². The lowest BCUT2D eigenvalue weighted by Gasteiger charge is -2.40. The van der Waals surface area contributed by atoms with Gasteiger partial charge in [-0.1, -0.05) is 69.9 Å². The number of benzene rings is 1. The molecule has 2 heteroatoms. The second-order valence-corrected chi connectivity index (χ2v) is 8.10. The third-order valence-electron chi connectivity index (χ3n) is 6.21. The first-order chi connectivity index (χ1) is 12.3. The van der Waals surface area contributed by atoms with Crippen molar-refractivity contribution in [1.29, 1.82) is 0 Å². The Labute approximate surface area is 154 Å². The maximum atomic E-state index is 6.73. The lowest BCUT2D eigenvalue weighted by molar-refractivity contribution is -0.0660. The zero-order valence-corrected chi connectivity index (χ0v) is 16.3. The van der Waals surface area contributed by atoms with Gasteiger partial charge in [-0.05, 0) is 50.6 Å². The molecule has 0 spiro atoms. The van der Waals surface area contributed by atoms with E-state index in [4.69, 9.17) is 4.74 Å². The van der Waals surface area contributed by atoms with Gasteiger partial charge in [0.15, 0.2) is 0 Å². The molecule has 0 aromatic heterocycles. The van der Waals surface area contributed by atoms with Crippen LogP contribution in [-0.4, -0.2) is 29.6 Å². The van der Waals surface area contributed by atoms with Crippen molar-refractivity contribution in [2.45, 2.75) is 102 Å². The van der Waals surface area contributed by atoms with E-state index in [9.17, 15) is 0 Å². The summed E-state index contributed by atoms with van der Waals surface area (Å²) in [6, 6.07) is 12.5. The van der Waals surface area contributed by atoms with Gasteiger partial charge in [0.05, 0.1) is 12.2 Å². The van der Waals surface area contributed by atoms with Crippen LogP contribution in [0.4, 0.5) is 0 Å². The number of nitrogens with zero attached hydrogens (tertiary/aromatic N) is 1. The van der Waals surface area contributed by atoms with E-state index in [-0.39, 0.29) is 0 Å². The second kappa shape index (κ2) is 9.73. The number of piperidine rings is 1. The predicted octanol–water partition coefficient (Wildman–Crippen LogP) is 6.12. The number of hydrogen-bond acceptors (Lipinski definition) is 2. The zero-order valence-electron chi connectivity index (χ0n) is 16.3. The highest BCUT2D eigenvalue weighted by atomic mass is 16.5. The van der Waals surface area contributed by atoms with Crippen molar-refractivity contribution in [3.8, 4) is 0 Å². The summed E-state index contributed by atoms with van der Waals surface area (Å²) in [6.45, 7) is 5.89. The lowest BCUT2D eigenvalue weighted by Crippen LogP contribution is -2.46. The van der Waals surface area contributed by atoms with Gasteiger partial charge >= 0.3 is 0 Å². The largest absolute Gasteiger partial charge is 0.370 e. The van der Waals surface area contributed by atoms with E-state index in [2.05, 4.69) is 49.1 Å². The molecule has 1 aromatic rings. The Bertz CT molecular complexity index is 474. The van der Waals surface area contributed by atoms with E-state index in [0.29, 0.717) is 12.2 Å². The number of hydrogen-bond donors (Lipinski definition) is 0. The molecular weight excluding hydrogens is 306 g/mol. The summed E-state index contributed by atoms with van der Waals surface area (Å²) in [4.78, 5) is 2.80. The average Bonchev–Trinajstić information content (AvgIpc) is 2.88. The molecule has 0 N–H and O–H groups in total. The molecule has 0 saturated carbocycles. The van der Waals surface area contributed by atoms with E-state index in [1.54, 1.807) is 0 Å². The molecule has 2 saturated heterocycles. The fourth-order valence-electron chi connectivity index (χ4n) is 4.83. The average molecular weight is 344 g/mol. The molecule has 25 heavy (non-hydrogen) atoms. The molecular formula is C23H37NO. The number of rotatable bonds is 10. The third kappa shape index (κ3) is 5.08. The minimum absolute atomic E-state index is 0.291. The summed E-state index contributed by atoms with van der Waals surface area (Å²) < 4.78 is 6.73. The minimum Gasteiger partial charge on any atom is -0.370 e. The molecule has 2 unspecified atom stereocenters. The van der Waals surface area contributed by atoms with Crippen LogP contribution in [0.3, 0.4) is 0 Å². The van der Waals surface area contributed by atoms with Crippen LogP contribution in [-0.2, 0) is 4.74 Å². The van der Waals surface area contributed by atoms with Gasteiger partial charge in [-0.3, -0.25) is 4.90 Å². The van der Waals surface area contributed by atoms with Gasteiger partial charge in [0, 0.05) is 12.1 Å². The van der Waals surface area contributed by atoms with Crippen LogP contribution in [0.1, 0.15) is 89.7 Å². The monoisotopic (exact) mass is 343 g/mol. The normalized spacial score (nSPS) is 27.5. The van der Waals surface area contributed by atoms with Crippen LogP contribution in [0.15, 0.2) is 30.3 Å². The second-order valence-electron chi connectivity index (χ2n) is 8.10. The van der Waals surface area contributed by atoms with Crippen molar-refractivity contribution >= 4 is 0 Å². The highest BCUT2D eigenvalue weighted by Crippen LogP contribution is 2.39. The van der Waals surface area contributed by atoms with Crippen LogP contribution in [0, 0.1) is 0 Å². The molecule has 2 bridgehead atoms. The van der Waals surface area contributed by atoms with Gasteiger partial charge < -0.3 is 4.74 Å². The first-order valence-corrected chi connectivity index (χ1v) is 10.8. The first kappa shape index (κ1) is 18.9. The molecule has 2 nitrogen and oxygen atoms in total.